The zero-order valence-electron chi connectivity index (χ0n) is 11.5. The maximum absolute atomic E-state index is 12.6. The van der Waals surface area contributed by atoms with Crippen LogP contribution < -0.4 is 0 Å². The standard InChI is InChI=1S/C14H14Cl2N2O2S/c1-10(11-3-5-12(15)6-4-11)18(2)21(19,20)13-7-8-17-14(16)9-13/h3-10H,1-2H3. The summed E-state index contributed by atoms with van der Waals surface area (Å²) in [4.78, 5) is 3.91. The maximum Gasteiger partial charge on any atom is 0.243 e. The van der Waals surface area contributed by atoms with Gasteiger partial charge < -0.3 is 0 Å². The van der Waals surface area contributed by atoms with Crippen LogP contribution >= 0.6 is 23.2 Å². The second kappa shape index (κ2) is 6.32. The molecule has 1 atom stereocenters. The van der Waals surface area contributed by atoms with Crippen LogP contribution in [-0.2, 0) is 10.0 Å². The summed E-state index contributed by atoms with van der Waals surface area (Å²) in [5.41, 5.74) is 0.852. The Morgan fingerprint density at radius 1 is 1.14 bits per heavy atom. The predicted octanol–water partition coefficient (Wildman–Crippen LogP) is 3.77. The third kappa shape index (κ3) is 3.55. The molecule has 0 fully saturated rings. The molecule has 1 aromatic carbocycles. The van der Waals surface area contributed by atoms with Gasteiger partial charge >= 0.3 is 0 Å². The molecular formula is C14H14Cl2N2O2S. The Morgan fingerprint density at radius 3 is 2.33 bits per heavy atom. The monoisotopic (exact) mass is 344 g/mol. The van der Waals surface area contributed by atoms with Crippen molar-refractivity contribution in [3.8, 4) is 0 Å². The molecule has 0 aliphatic rings. The van der Waals surface area contributed by atoms with Crippen molar-refractivity contribution in [1.82, 2.24) is 9.29 Å². The van der Waals surface area contributed by atoms with Crippen LogP contribution in [0.3, 0.4) is 0 Å². The van der Waals surface area contributed by atoms with Gasteiger partial charge in [-0.05, 0) is 36.8 Å². The lowest BCUT2D eigenvalue weighted by Gasteiger charge is -2.24. The lowest BCUT2D eigenvalue weighted by Crippen LogP contribution is -2.29. The van der Waals surface area contributed by atoms with E-state index in [2.05, 4.69) is 4.98 Å². The highest BCUT2D eigenvalue weighted by atomic mass is 35.5. The SMILES string of the molecule is CC(c1ccc(Cl)cc1)N(C)S(=O)(=O)c1ccnc(Cl)c1. The number of nitrogens with zero attached hydrogens (tertiary/aromatic N) is 2. The molecule has 0 radical (unpaired) electrons. The number of sulfonamides is 1. The summed E-state index contributed by atoms with van der Waals surface area (Å²) >= 11 is 11.6. The van der Waals surface area contributed by atoms with Crippen LogP contribution in [0.15, 0.2) is 47.5 Å². The Kier molecular flexibility index (Phi) is 4.88. The van der Waals surface area contributed by atoms with Gasteiger partial charge in [0.2, 0.25) is 10.0 Å². The van der Waals surface area contributed by atoms with E-state index < -0.39 is 10.0 Å². The smallest absolute Gasteiger partial charge is 0.243 e. The molecule has 0 aliphatic heterocycles. The molecular weight excluding hydrogens is 331 g/mol. The zero-order chi connectivity index (χ0) is 15.6. The molecule has 2 aromatic rings. The van der Waals surface area contributed by atoms with Crippen molar-refractivity contribution in [3.63, 3.8) is 0 Å². The molecule has 0 saturated carbocycles. The van der Waals surface area contributed by atoms with Crippen molar-refractivity contribution in [2.45, 2.75) is 17.9 Å². The number of hydrogen-bond acceptors (Lipinski definition) is 3. The Balaban J connectivity index is 2.33. The number of pyridine rings is 1. The van der Waals surface area contributed by atoms with E-state index in [1.165, 1.54) is 29.7 Å². The van der Waals surface area contributed by atoms with Crippen molar-refractivity contribution in [2.75, 3.05) is 7.05 Å². The normalized spacial score (nSPS) is 13.4. The second-order valence-electron chi connectivity index (χ2n) is 4.56. The van der Waals surface area contributed by atoms with E-state index in [4.69, 9.17) is 23.2 Å². The molecule has 0 bridgehead atoms. The molecule has 0 spiro atoms. The van der Waals surface area contributed by atoms with Gasteiger partial charge in [-0.15, -0.1) is 0 Å². The minimum Gasteiger partial charge on any atom is -0.244 e. The average Bonchev–Trinajstić information content (AvgIpc) is 2.46. The zero-order valence-corrected chi connectivity index (χ0v) is 13.8. The molecule has 21 heavy (non-hydrogen) atoms. The summed E-state index contributed by atoms with van der Waals surface area (Å²) < 4.78 is 26.5. The number of halogens is 2. The number of rotatable bonds is 4. The van der Waals surface area contributed by atoms with Gasteiger partial charge in [0.05, 0.1) is 4.90 Å². The third-order valence-electron chi connectivity index (χ3n) is 3.27. The van der Waals surface area contributed by atoms with Crippen molar-refractivity contribution < 1.29 is 8.42 Å². The first kappa shape index (κ1) is 16.2. The molecule has 112 valence electrons. The molecule has 0 amide bonds. The van der Waals surface area contributed by atoms with E-state index in [0.717, 1.165) is 5.56 Å². The minimum absolute atomic E-state index is 0.116. The Hall–Kier alpha value is -1.14. The van der Waals surface area contributed by atoms with E-state index >= 15 is 0 Å². The Morgan fingerprint density at radius 2 is 1.76 bits per heavy atom. The van der Waals surface area contributed by atoms with Crippen LogP contribution in [0.1, 0.15) is 18.5 Å². The molecule has 1 heterocycles. The van der Waals surface area contributed by atoms with Gasteiger partial charge in [0.15, 0.2) is 0 Å². The van der Waals surface area contributed by atoms with Gasteiger partial charge in [-0.3, -0.25) is 0 Å². The summed E-state index contributed by atoms with van der Waals surface area (Å²) in [6.07, 6.45) is 1.37. The Bertz CT molecular complexity index is 733. The van der Waals surface area contributed by atoms with Crippen LogP contribution in [0.4, 0.5) is 0 Å². The highest BCUT2D eigenvalue weighted by molar-refractivity contribution is 7.89. The van der Waals surface area contributed by atoms with Gasteiger partial charge in [0, 0.05) is 24.3 Å². The van der Waals surface area contributed by atoms with Gasteiger partial charge in [-0.1, -0.05) is 35.3 Å². The highest BCUT2D eigenvalue weighted by Gasteiger charge is 2.26. The number of hydrogen-bond donors (Lipinski definition) is 0. The minimum atomic E-state index is -3.64. The third-order valence-corrected chi connectivity index (χ3v) is 5.66. The van der Waals surface area contributed by atoms with Gasteiger partial charge in [-0.2, -0.15) is 4.31 Å². The van der Waals surface area contributed by atoms with Crippen LogP contribution in [0.2, 0.25) is 10.2 Å². The van der Waals surface area contributed by atoms with Crippen LogP contribution in [0.25, 0.3) is 0 Å². The van der Waals surface area contributed by atoms with Crippen molar-refractivity contribution in [2.24, 2.45) is 0 Å². The Labute approximate surface area is 134 Å². The van der Waals surface area contributed by atoms with Crippen molar-refractivity contribution in [1.29, 1.82) is 0 Å². The van der Waals surface area contributed by atoms with Crippen LogP contribution in [0, 0.1) is 0 Å². The molecule has 0 N–H and O–H groups in total. The molecule has 0 saturated heterocycles. The van der Waals surface area contributed by atoms with Gasteiger partial charge in [0.1, 0.15) is 5.15 Å². The molecule has 0 aliphatic carbocycles. The quantitative estimate of drug-likeness (QED) is 0.793. The molecule has 1 unspecified atom stereocenters. The number of aromatic nitrogens is 1. The summed E-state index contributed by atoms with van der Waals surface area (Å²) in [5, 5.41) is 0.751. The molecule has 4 nitrogen and oxygen atoms in total. The fourth-order valence-electron chi connectivity index (χ4n) is 1.87. The average molecular weight is 345 g/mol. The summed E-state index contributed by atoms with van der Waals surface area (Å²) in [5.74, 6) is 0. The fourth-order valence-corrected chi connectivity index (χ4v) is 3.60. The first-order valence-electron chi connectivity index (χ1n) is 6.17. The summed E-state index contributed by atoms with van der Waals surface area (Å²) in [7, 11) is -2.11. The highest BCUT2D eigenvalue weighted by Crippen LogP contribution is 2.27. The van der Waals surface area contributed by atoms with E-state index in [1.807, 2.05) is 6.92 Å². The van der Waals surface area contributed by atoms with Gasteiger partial charge in [0.25, 0.3) is 0 Å². The second-order valence-corrected chi connectivity index (χ2v) is 7.38. The van der Waals surface area contributed by atoms with E-state index in [9.17, 15) is 8.42 Å². The van der Waals surface area contributed by atoms with E-state index in [1.54, 1.807) is 24.3 Å². The van der Waals surface area contributed by atoms with Crippen molar-refractivity contribution in [3.05, 3.63) is 58.3 Å². The fraction of sp³-hybridized carbons (Fsp3) is 0.214. The van der Waals surface area contributed by atoms with Gasteiger partial charge in [-0.25, -0.2) is 13.4 Å². The predicted molar refractivity (Wildman–Crippen MR) is 84.1 cm³/mol. The molecule has 2 rings (SSSR count). The van der Waals surface area contributed by atoms with Crippen molar-refractivity contribution >= 4 is 33.2 Å². The number of benzene rings is 1. The lowest BCUT2D eigenvalue weighted by molar-refractivity contribution is 0.398. The lowest BCUT2D eigenvalue weighted by atomic mass is 10.1. The van der Waals surface area contributed by atoms with E-state index in [-0.39, 0.29) is 16.1 Å². The van der Waals surface area contributed by atoms with Crippen LogP contribution in [0.5, 0.6) is 0 Å². The largest absolute Gasteiger partial charge is 0.244 e. The first-order chi connectivity index (χ1) is 9.82. The maximum atomic E-state index is 12.6. The van der Waals surface area contributed by atoms with Crippen LogP contribution in [-0.4, -0.2) is 24.8 Å². The summed E-state index contributed by atoms with van der Waals surface area (Å²) in [6.45, 7) is 1.81. The van der Waals surface area contributed by atoms with E-state index in [0.29, 0.717) is 5.02 Å². The topological polar surface area (TPSA) is 50.3 Å². The molecule has 7 heteroatoms. The summed E-state index contributed by atoms with van der Waals surface area (Å²) in [6, 6.07) is 9.50. The first-order valence-corrected chi connectivity index (χ1v) is 8.37. The molecule has 1 aromatic heterocycles.